The molecule has 0 saturated heterocycles. The smallest absolute Gasteiger partial charge is 0.328 e. The van der Waals surface area contributed by atoms with E-state index in [2.05, 4.69) is 26.0 Å². The van der Waals surface area contributed by atoms with E-state index in [1.807, 2.05) is 0 Å². The van der Waals surface area contributed by atoms with Gasteiger partial charge in [0.1, 0.15) is 0 Å². The van der Waals surface area contributed by atoms with Crippen LogP contribution in [0.25, 0.3) is 11.0 Å². The zero-order valence-corrected chi connectivity index (χ0v) is 9.95. The number of benzene rings is 1. The molecule has 2 rings (SSSR count). The SMILES string of the molecule is Cc1cc2c(cc1C)n(CCN)c(=O)n2C. The van der Waals surface area contributed by atoms with E-state index in [9.17, 15) is 4.79 Å². The molecule has 0 atom stereocenters. The van der Waals surface area contributed by atoms with Crippen LogP contribution in [0.2, 0.25) is 0 Å². The van der Waals surface area contributed by atoms with E-state index in [0.717, 1.165) is 11.0 Å². The van der Waals surface area contributed by atoms with Gasteiger partial charge in [-0.2, -0.15) is 0 Å². The van der Waals surface area contributed by atoms with E-state index in [0.29, 0.717) is 13.1 Å². The van der Waals surface area contributed by atoms with Gasteiger partial charge in [0.2, 0.25) is 0 Å². The van der Waals surface area contributed by atoms with Crippen LogP contribution in [-0.4, -0.2) is 15.7 Å². The summed E-state index contributed by atoms with van der Waals surface area (Å²) in [6.45, 7) is 5.16. The molecule has 0 aliphatic rings. The molecule has 0 amide bonds. The third-order valence-electron chi connectivity index (χ3n) is 3.11. The van der Waals surface area contributed by atoms with Crippen LogP contribution >= 0.6 is 0 Å². The van der Waals surface area contributed by atoms with Gasteiger partial charge >= 0.3 is 5.69 Å². The molecule has 0 saturated carbocycles. The van der Waals surface area contributed by atoms with Crippen molar-refractivity contribution in [3.63, 3.8) is 0 Å². The maximum atomic E-state index is 12.0. The van der Waals surface area contributed by atoms with Crippen molar-refractivity contribution in [2.24, 2.45) is 12.8 Å². The summed E-state index contributed by atoms with van der Waals surface area (Å²) in [7, 11) is 1.80. The molecule has 4 nitrogen and oxygen atoms in total. The van der Waals surface area contributed by atoms with Gasteiger partial charge in [0.15, 0.2) is 0 Å². The molecular formula is C12H17N3O. The van der Waals surface area contributed by atoms with E-state index in [1.165, 1.54) is 11.1 Å². The normalized spacial score (nSPS) is 11.2. The molecule has 86 valence electrons. The van der Waals surface area contributed by atoms with E-state index in [-0.39, 0.29) is 5.69 Å². The topological polar surface area (TPSA) is 52.9 Å². The maximum Gasteiger partial charge on any atom is 0.328 e. The van der Waals surface area contributed by atoms with E-state index in [4.69, 9.17) is 5.73 Å². The average molecular weight is 219 g/mol. The third kappa shape index (κ3) is 1.46. The summed E-state index contributed by atoms with van der Waals surface area (Å²) in [6, 6.07) is 4.11. The fraction of sp³-hybridized carbons (Fsp3) is 0.417. The summed E-state index contributed by atoms with van der Waals surface area (Å²) in [6.07, 6.45) is 0. The molecule has 4 heteroatoms. The fourth-order valence-electron chi connectivity index (χ4n) is 2.00. The fourth-order valence-corrected chi connectivity index (χ4v) is 2.00. The van der Waals surface area contributed by atoms with Gasteiger partial charge in [-0.15, -0.1) is 0 Å². The summed E-state index contributed by atoms with van der Waals surface area (Å²) in [5.41, 5.74) is 9.88. The molecule has 1 aromatic carbocycles. The van der Waals surface area contributed by atoms with Crippen LogP contribution in [0.15, 0.2) is 16.9 Å². The van der Waals surface area contributed by atoms with E-state index >= 15 is 0 Å². The van der Waals surface area contributed by atoms with Gasteiger partial charge in [0.25, 0.3) is 0 Å². The lowest BCUT2D eigenvalue weighted by Crippen LogP contribution is -2.25. The maximum absolute atomic E-state index is 12.0. The Morgan fingerprint density at radius 3 is 2.31 bits per heavy atom. The molecule has 0 spiro atoms. The monoisotopic (exact) mass is 219 g/mol. The zero-order chi connectivity index (χ0) is 11.9. The van der Waals surface area contributed by atoms with Crippen molar-refractivity contribution in [1.82, 2.24) is 9.13 Å². The van der Waals surface area contributed by atoms with Crippen molar-refractivity contribution in [3.8, 4) is 0 Å². The summed E-state index contributed by atoms with van der Waals surface area (Å²) < 4.78 is 3.42. The number of nitrogens with two attached hydrogens (primary N) is 1. The van der Waals surface area contributed by atoms with Crippen molar-refractivity contribution in [2.75, 3.05) is 6.54 Å². The molecule has 0 fully saturated rings. The Kier molecular flexibility index (Phi) is 2.59. The molecule has 0 unspecified atom stereocenters. The van der Waals surface area contributed by atoms with Crippen LogP contribution in [-0.2, 0) is 13.6 Å². The van der Waals surface area contributed by atoms with Crippen LogP contribution in [0.5, 0.6) is 0 Å². The number of aromatic nitrogens is 2. The van der Waals surface area contributed by atoms with Crippen LogP contribution in [0.1, 0.15) is 11.1 Å². The van der Waals surface area contributed by atoms with Gasteiger partial charge < -0.3 is 5.73 Å². The highest BCUT2D eigenvalue weighted by atomic mass is 16.1. The van der Waals surface area contributed by atoms with Crippen LogP contribution in [0.3, 0.4) is 0 Å². The first-order chi connectivity index (χ1) is 7.56. The van der Waals surface area contributed by atoms with Crippen molar-refractivity contribution < 1.29 is 0 Å². The molecule has 0 aliphatic heterocycles. The Morgan fingerprint density at radius 1 is 1.19 bits per heavy atom. The first-order valence-corrected chi connectivity index (χ1v) is 5.42. The summed E-state index contributed by atoms with van der Waals surface area (Å²) in [5.74, 6) is 0. The van der Waals surface area contributed by atoms with E-state index in [1.54, 1.807) is 16.2 Å². The molecule has 1 heterocycles. The van der Waals surface area contributed by atoms with Gasteiger partial charge in [-0.05, 0) is 37.1 Å². The predicted octanol–water partition coefficient (Wildman–Crippen LogP) is 0.916. The first-order valence-electron chi connectivity index (χ1n) is 5.42. The number of hydrogen-bond acceptors (Lipinski definition) is 2. The van der Waals surface area contributed by atoms with Crippen molar-refractivity contribution in [1.29, 1.82) is 0 Å². The minimum atomic E-state index is 0.00505. The summed E-state index contributed by atoms with van der Waals surface area (Å²) >= 11 is 0. The molecule has 16 heavy (non-hydrogen) atoms. The third-order valence-corrected chi connectivity index (χ3v) is 3.11. The molecule has 0 radical (unpaired) electrons. The molecule has 2 N–H and O–H groups in total. The minimum absolute atomic E-state index is 0.00505. The number of nitrogens with zero attached hydrogens (tertiary/aromatic N) is 2. The van der Waals surface area contributed by atoms with Gasteiger partial charge in [-0.25, -0.2) is 4.79 Å². The van der Waals surface area contributed by atoms with Gasteiger partial charge in [0.05, 0.1) is 11.0 Å². The number of aryl methyl sites for hydroxylation is 3. The minimum Gasteiger partial charge on any atom is -0.329 e. The van der Waals surface area contributed by atoms with Crippen molar-refractivity contribution >= 4 is 11.0 Å². The number of fused-ring (bicyclic) bond motifs is 1. The lowest BCUT2D eigenvalue weighted by Gasteiger charge is -2.03. The Labute approximate surface area is 94.3 Å². The quantitative estimate of drug-likeness (QED) is 0.816. The predicted molar refractivity (Wildman–Crippen MR) is 65.7 cm³/mol. The van der Waals surface area contributed by atoms with E-state index < -0.39 is 0 Å². The largest absolute Gasteiger partial charge is 0.329 e. The highest BCUT2D eigenvalue weighted by molar-refractivity contribution is 5.78. The first kappa shape index (κ1) is 11.0. The number of rotatable bonds is 2. The average Bonchev–Trinajstić information content (AvgIpc) is 2.46. The van der Waals surface area contributed by atoms with Crippen molar-refractivity contribution in [3.05, 3.63) is 33.7 Å². The molecule has 2 aromatic rings. The van der Waals surface area contributed by atoms with Crippen LogP contribution in [0, 0.1) is 13.8 Å². The highest BCUT2D eigenvalue weighted by Crippen LogP contribution is 2.17. The molecular weight excluding hydrogens is 202 g/mol. The molecule has 0 bridgehead atoms. The zero-order valence-electron chi connectivity index (χ0n) is 9.95. The number of hydrogen-bond donors (Lipinski definition) is 1. The Bertz CT molecular complexity index is 592. The lowest BCUT2D eigenvalue weighted by atomic mass is 10.1. The van der Waals surface area contributed by atoms with Gasteiger partial charge in [0, 0.05) is 20.1 Å². The standard InChI is InChI=1S/C12H17N3O/c1-8-6-10-11(7-9(8)2)15(5-4-13)12(16)14(10)3/h6-7H,4-5,13H2,1-3H3. The lowest BCUT2D eigenvalue weighted by molar-refractivity contribution is 0.675. The van der Waals surface area contributed by atoms with Crippen molar-refractivity contribution in [2.45, 2.75) is 20.4 Å². The summed E-state index contributed by atoms with van der Waals surface area (Å²) in [4.78, 5) is 12.0. The summed E-state index contributed by atoms with van der Waals surface area (Å²) in [5, 5.41) is 0. The second-order valence-electron chi connectivity index (χ2n) is 4.21. The van der Waals surface area contributed by atoms with Crippen LogP contribution in [0.4, 0.5) is 0 Å². The second kappa shape index (κ2) is 3.79. The Balaban J connectivity index is 2.86. The molecule has 1 aromatic heterocycles. The van der Waals surface area contributed by atoms with Gasteiger partial charge in [-0.1, -0.05) is 0 Å². The highest BCUT2D eigenvalue weighted by Gasteiger charge is 2.10. The van der Waals surface area contributed by atoms with Crippen LogP contribution < -0.4 is 11.4 Å². The Hall–Kier alpha value is -1.55. The van der Waals surface area contributed by atoms with Gasteiger partial charge in [-0.3, -0.25) is 9.13 Å². The second-order valence-corrected chi connectivity index (χ2v) is 4.21. The molecule has 0 aliphatic carbocycles. The number of imidazole rings is 1. The Morgan fingerprint density at radius 2 is 1.75 bits per heavy atom.